The molecule has 0 amide bonds. The van der Waals surface area contributed by atoms with Crippen molar-refractivity contribution in [1.82, 2.24) is 9.88 Å². The van der Waals surface area contributed by atoms with Gasteiger partial charge in [-0.2, -0.15) is 0 Å². The van der Waals surface area contributed by atoms with Crippen LogP contribution in [-0.2, 0) is 6.54 Å². The van der Waals surface area contributed by atoms with Crippen LogP contribution >= 0.6 is 11.3 Å². The number of rotatable bonds is 2. The molecule has 1 unspecified atom stereocenters. The lowest BCUT2D eigenvalue weighted by atomic mass is 9.99. The van der Waals surface area contributed by atoms with Gasteiger partial charge in [-0.05, 0) is 33.4 Å². The van der Waals surface area contributed by atoms with Gasteiger partial charge in [0.1, 0.15) is 0 Å². The molecule has 0 bridgehead atoms. The smallest absolute Gasteiger partial charge is 0.0975 e. The molecular weight excluding hydrogens is 206 g/mol. The number of likely N-dealkylation sites (N-methyl/N-ethyl adjacent to an activating group) is 1. The molecule has 0 aromatic carbocycles. The highest BCUT2D eigenvalue weighted by atomic mass is 32.1. The monoisotopic (exact) mass is 225 g/mol. The second-order valence-electron chi connectivity index (χ2n) is 4.37. The van der Waals surface area contributed by atoms with Crippen molar-refractivity contribution in [1.29, 1.82) is 0 Å². The largest absolute Gasteiger partial charge is 0.326 e. The van der Waals surface area contributed by atoms with Crippen LogP contribution in [-0.4, -0.2) is 30.0 Å². The van der Waals surface area contributed by atoms with E-state index in [0.717, 1.165) is 12.2 Å². The summed E-state index contributed by atoms with van der Waals surface area (Å²) in [6.07, 6.45) is 2.57. The average Bonchev–Trinajstić information content (AvgIpc) is 2.60. The normalized spacial score (nSPS) is 23.3. The highest BCUT2D eigenvalue weighted by molar-refractivity contribution is 7.11. The van der Waals surface area contributed by atoms with Gasteiger partial charge in [0.2, 0.25) is 0 Å². The molecule has 4 heteroatoms. The number of hydrogen-bond donors (Lipinski definition) is 1. The van der Waals surface area contributed by atoms with Crippen molar-refractivity contribution in [3.05, 3.63) is 15.6 Å². The number of aryl methyl sites for hydroxylation is 1. The molecule has 1 aliphatic rings. The standard InChI is InChI=1S/C11H19N3S/c1-8-10(6-12)15-11(13-8)9-4-3-5-14(2)7-9/h9H,3-7,12H2,1-2H3. The first kappa shape index (κ1) is 11.0. The lowest BCUT2D eigenvalue weighted by Crippen LogP contribution is -2.30. The van der Waals surface area contributed by atoms with E-state index in [-0.39, 0.29) is 0 Å². The van der Waals surface area contributed by atoms with Crippen molar-refractivity contribution in [3.63, 3.8) is 0 Å². The van der Waals surface area contributed by atoms with Gasteiger partial charge in [-0.1, -0.05) is 0 Å². The minimum absolute atomic E-state index is 0.631. The Kier molecular flexibility index (Phi) is 3.38. The number of nitrogens with two attached hydrogens (primary N) is 1. The highest BCUT2D eigenvalue weighted by Crippen LogP contribution is 2.30. The molecule has 2 heterocycles. The van der Waals surface area contributed by atoms with Crippen molar-refractivity contribution in [3.8, 4) is 0 Å². The summed E-state index contributed by atoms with van der Waals surface area (Å²) in [4.78, 5) is 8.30. The molecule has 1 aliphatic heterocycles. The third-order valence-corrected chi connectivity index (χ3v) is 4.41. The van der Waals surface area contributed by atoms with Crippen LogP contribution in [0.5, 0.6) is 0 Å². The van der Waals surface area contributed by atoms with E-state index < -0.39 is 0 Å². The Morgan fingerprint density at radius 3 is 3.00 bits per heavy atom. The summed E-state index contributed by atoms with van der Waals surface area (Å²) in [5.41, 5.74) is 6.81. The van der Waals surface area contributed by atoms with Gasteiger partial charge in [-0.15, -0.1) is 11.3 Å². The maximum atomic E-state index is 5.68. The number of likely N-dealkylation sites (tertiary alicyclic amines) is 1. The van der Waals surface area contributed by atoms with Crippen LogP contribution in [0.4, 0.5) is 0 Å². The summed E-state index contributed by atoms with van der Waals surface area (Å²) in [6, 6.07) is 0. The molecule has 15 heavy (non-hydrogen) atoms. The zero-order chi connectivity index (χ0) is 10.8. The van der Waals surface area contributed by atoms with Crippen LogP contribution in [0.1, 0.15) is 34.3 Å². The average molecular weight is 225 g/mol. The zero-order valence-electron chi connectivity index (χ0n) is 9.49. The molecule has 0 spiro atoms. The highest BCUT2D eigenvalue weighted by Gasteiger charge is 2.22. The van der Waals surface area contributed by atoms with E-state index in [1.165, 1.54) is 29.3 Å². The summed E-state index contributed by atoms with van der Waals surface area (Å²) in [5.74, 6) is 0.632. The van der Waals surface area contributed by atoms with Crippen molar-refractivity contribution < 1.29 is 0 Å². The molecular formula is C11H19N3S. The second kappa shape index (κ2) is 4.60. The maximum Gasteiger partial charge on any atom is 0.0975 e. The molecule has 1 aromatic rings. The van der Waals surface area contributed by atoms with Gasteiger partial charge < -0.3 is 10.6 Å². The van der Waals surface area contributed by atoms with Gasteiger partial charge in [0.15, 0.2) is 0 Å². The molecule has 1 atom stereocenters. The number of nitrogens with zero attached hydrogens (tertiary/aromatic N) is 2. The van der Waals surface area contributed by atoms with Crippen LogP contribution < -0.4 is 5.73 Å². The maximum absolute atomic E-state index is 5.68. The fraction of sp³-hybridized carbons (Fsp3) is 0.727. The number of hydrogen-bond acceptors (Lipinski definition) is 4. The van der Waals surface area contributed by atoms with Crippen LogP contribution in [0.25, 0.3) is 0 Å². The fourth-order valence-electron chi connectivity index (χ4n) is 2.18. The third kappa shape index (κ3) is 2.38. The van der Waals surface area contributed by atoms with Crippen molar-refractivity contribution >= 4 is 11.3 Å². The molecule has 0 saturated carbocycles. The van der Waals surface area contributed by atoms with E-state index in [9.17, 15) is 0 Å². The van der Waals surface area contributed by atoms with Gasteiger partial charge in [-0.25, -0.2) is 4.98 Å². The third-order valence-electron chi connectivity index (χ3n) is 3.07. The van der Waals surface area contributed by atoms with Gasteiger partial charge in [-0.3, -0.25) is 0 Å². The minimum atomic E-state index is 0.631. The first-order valence-corrected chi connectivity index (χ1v) is 6.37. The Hall–Kier alpha value is -0.450. The van der Waals surface area contributed by atoms with Crippen LogP contribution in [0.3, 0.4) is 0 Å². The number of piperidine rings is 1. The van der Waals surface area contributed by atoms with Crippen molar-refractivity contribution in [2.75, 3.05) is 20.1 Å². The summed E-state index contributed by atoms with van der Waals surface area (Å²) in [7, 11) is 2.19. The van der Waals surface area contributed by atoms with E-state index in [1.807, 2.05) is 0 Å². The molecule has 2 rings (SSSR count). The van der Waals surface area contributed by atoms with E-state index in [4.69, 9.17) is 5.73 Å². The Morgan fingerprint density at radius 1 is 1.60 bits per heavy atom. The SMILES string of the molecule is Cc1nc(C2CCCN(C)C2)sc1CN. The van der Waals surface area contributed by atoms with E-state index in [1.54, 1.807) is 11.3 Å². The molecule has 0 radical (unpaired) electrons. The van der Waals surface area contributed by atoms with Gasteiger partial charge in [0.05, 0.1) is 10.7 Å². The van der Waals surface area contributed by atoms with E-state index in [0.29, 0.717) is 12.5 Å². The van der Waals surface area contributed by atoms with E-state index >= 15 is 0 Å². The lowest BCUT2D eigenvalue weighted by molar-refractivity contribution is 0.250. The Morgan fingerprint density at radius 2 is 2.40 bits per heavy atom. The predicted octanol–water partition coefficient (Wildman–Crippen LogP) is 1.72. The molecule has 1 aromatic heterocycles. The summed E-state index contributed by atoms with van der Waals surface area (Å²) in [6.45, 7) is 5.07. The van der Waals surface area contributed by atoms with Gasteiger partial charge in [0.25, 0.3) is 0 Å². The Balaban J connectivity index is 2.14. The van der Waals surface area contributed by atoms with Crippen molar-refractivity contribution in [2.45, 2.75) is 32.2 Å². The van der Waals surface area contributed by atoms with E-state index in [2.05, 4.69) is 23.9 Å². The topological polar surface area (TPSA) is 42.2 Å². The Bertz CT molecular complexity index is 335. The van der Waals surface area contributed by atoms with Crippen LogP contribution in [0.2, 0.25) is 0 Å². The molecule has 0 aliphatic carbocycles. The number of thiazole rings is 1. The first-order valence-electron chi connectivity index (χ1n) is 5.55. The zero-order valence-corrected chi connectivity index (χ0v) is 10.3. The summed E-state index contributed by atoms with van der Waals surface area (Å²) in [5, 5.41) is 1.29. The van der Waals surface area contributed by atoms with Crippen LogP contribution in [0, 0.1) is 6.92 Å². The Labute approximate surface area is 95.3 Å². The molecule has 84 valence electrons. The molecule has 1 fully saturated rings. The van der Waals surface area contributed by atoms with Crippen molar-refractivity contribution in [2.24, 2.45) is 5.73 Å². The number of aromatic nitrogens is 1. The van der Waals surface area contributed by atoms with Gasteiger partial charge >= 0.3 is 0 Å². The lowest BCUT2D eigenvalue weighted by Gasteiger charge is -2.28. The first-order chi connectivity index (χ1) is 7.20. The molecule has 1 saturated heterocycles. The van der Waals surface area contributed by atoms with Gasteiger partial charge in [0, 0.05) is 23.9 Å². The molecule has 3 nitrogen and oxygen atoms in total. The fourth-order valence-corrected chi connectivity index (χ4v) is 3.25. The predicted molar refractivity (Wildman–Crippen MR) is 64.2 cm³/mol. The molecule has 2 N–H and O–H groups in total. The quantitative estimate of drug-likeness (QED) is 0.833. The minimum Gasteiger partial charge on any atom is -0.326 e. The second-order valence-corrected chi connectivity index (χ2v) is 5.48. The summed E-state index contributed by atoms with van der Waals surface area (Å²) >= 11 is 1.81. The summed E-state index contributed by atoms with van der Waals surface area (Å²) < 4.78 is 0. The van der Waals surface area contributed by atoms with Crippen LogP contribution in [0.15, 0.2) is 0 Å².